The smallest absolute Gasteiger partial charge is 0.416 e. The first kappa shape index (κ1) is 37.6. The van der Waals surface area contributed by atoms with Gasteiger partial charge in [-0.1, -0.05) is 28.1 Å². The summed E-state index contributed by atoms with van der Waals surface area (Å²) in [5.74, 6) is -3.77. The molecule has 2 aromatic carbocycles. The number of primary amides is 1. The summed E-state index contributed by atoms with van der Waals surface area (Å²) in [4.78, 5) is 49.8. The van der Waals surface area contributed by atoms with Crippen molar-refractivity contribution >= 4 is 39.7 Å². The van der Waals surface area contributed by atoms with Crippen LogP contribution in [0.2, 0.25) is 0 Å². The lowest BCUT2D eigenvalue weighted by Gasteiger charge is -2.47. The Morgan fingerprint density at radius 1 is 1.02 bits per heavy atom. The number of halogens is 5. The van der Waals surface area contributed by atoms with Crippen LogP contribution in [0.4, 0.5) is 17.6 Å². The quantitative estimate of drug-likeness (QED) is 0.228. The van der Waals surface area contributed by atoms with E-state index in [2.05, 4.69) is 25.7 Å². The first-order valence-electron chi connectivity index (χ1n) is 14.8. The number of likely N-dealkylation sites (N-methyl/N-ethyl adjacent to an activating group) is 1. The van der Waals surface area contributed by atoms with E-state index in [-0.39, 0.29) is 40.1 Å². The highest BCUT2D eigenvalue weighted by molar-refractivity contribution is 9.10. The van der Waals surface area contributed by atoms with Gasteiger partial charge < -0.3 is 25.7 Å². The fraction of sp³-hybridized carbons (Fsp3) is 0.438. The molecule has 0 spiro atoms. The number of carbonyl (C=O) groups is 4. The second kappa shape index (κ2) is 16.8. The molecule has 0 radical (unpaired) electrons. The Hall–Kier alpha value is -3.82. The summed E-state index contributed by atoms with van der Waals surface area (Å²) >= 11 is 3.08. The third kappa shape index (κ3) is 11.7. The average molecular weight is 730 g/mol. The zero-order valence-corrected chi connectivity index (χ0v) is 27.2. The Balaban J connectivity index is 0.000000665. The Bertz CT molecular complexity index is 1430. The number of amides is 2. The number of carboxylic acids is 2. The van der Waals surface area contributed by atoms with Gasteiger partial charge in [0.25, 0.3) is 5.91 Å². The highest BCUT2D eigenvalue weighted by Crippen LogP contribution is 2.33. The van der Waals surface area contributed by atoms with Crippen molar-refractivity contribution in [2.45, 2.75) is 37.4 Å². The molecule has 0 saturated carbocycles. The van der Waals surface area contributed by atoms with Crippen molar-refractivity contribution in [1.82, 2.24) is 14.7 Å². The molecule has 2 saturated heterocycles. The number of alkyl halides is 3. The van der Waals surface area contributed by atoms with Crippen molar-refractivity contribution in [1.29, 1.82) is 0 Å². The molecule has 4 N–H and O–H groups in total. The zero-order valence-electron chi connectivity index (χ0n) is 25.6. The number of nitrogens with two attached hydrogens (primary N) is 1. The fourth-order valence-corrected chi connectivity index (χ4v) is 6.09. The third-order valence-electron chi connectivity index (χ3n) is 8.20. The maximum atomic E-state index is 13.6. The molecule has 4 rings (SSSR count). The van der Waals surface area contributed by atoms with E-state index in [4.69, 9.17) is 15.9 Å². The van der Waals surface area contributed by atoms with Crippen LogP contribution >= 0.6 is 15.9 Å². The Morgan fingerprint density at radius 2 is 1.60 bits per heavy atom. The zero-order chi connectivity index (χ0) is 34.9. The summed E-state index contributed by atoms with van der Waals surface area (Å²) in [6.45, 7) is 4.59. The van der Waals surface area contributed by atoms with Crippen molar-refractivity contribution < 1.29 is 47.0 Å². The van der Waals surface area contributed by atoms with E-state index in [1.807, 2.05) is 0 Å². The monoisotopic (exact) mass is 728 g/mol. The van der Waals surface area contributed by atoms with Gasteiger partial charge in [0, 0.05) is 66.7 Å². The van der Waals surface area contributed by atoms with E-state index < -0.39 is 29.6 Å². The molecule has 2 fully saturated rings. The standard InChI is InChI=1S/C28H33BrF4N4O2.C4H4O4/c1-35(27(39)21-12-22(28(31,32)33)14-23(29)13-21)15-20(18-2-4-24(30)5-3-18)6-9-36-16-25(17-36)37-10-7-19(8-11-37)26(34)38;5-3(6)1-2-4(7)8/h2-5,12-14,19-20,25H,6-11,15-17H2,1H3,(H2,34,38);1-2H,(H,5,6)(H,7,8)/t20-;/m1./s1. The van der Waals surface area contributed by atoms with Crippen LogP contribution in [0.25, 0.3) is 0 Å². The van der Waals surface area contributed by atoms with Gasteiger partial charge in [0.1, 0.15) is 5.82 Å². The number of piperidine rings is 1. The first-order valence-corrected chi connectivity index (χ1v) is 15.6. The molecular weight excluding hydrogens is 692 g/mol. The molecule has 0 bridgehead atoms. The number of nitrogens with zero attached hydrogens (tertiary/aromatic N) is 3. The SMILES string of the molecule is CN(C[C@@H](CCN1CC(N2CCC(C(N)=O)CC2)C1)c1ccc(F)cc1)C(=O)c1cc(Br)cc(C(F)(F)F)c1.O=C(O)C=CC(=O)O. The number of hydrogen-bond donors (Lipinski definition) is 3. The van der Waals surface area contributed by atoms with Crippen molar-refractivity contribution in [3.63, 3.8) is 0 Å². The van der Waals surface area contributed by atoms with Crippen LogP contribution in [0.15, 0.2) is 59.1 Å². The van der Waals surface area contributed by atoms with Crippen LogP contribution in [0.3, 0.4) is 0 Å². The summed E-state index contributed by atoms with van der Waals surface area (Å²) in [7, 11) is 1.57. The minimum Gasteiger partial charge on any atom is -0.478 e. The van der Waals surface area contributed by atoms with Gasteiger partial charge in [0.2, 0.25) is 5.91 Å². The highest BCUT2D eigenvalue weighted by atomic mass is 79.9. The van der Waals surface area contributed by atoms with E-state index in [9.17, 15) is 36.7 Å². The van der Waals surface area contributed by atoms with Gasteiger partial charge in [-0.25, -0.2) is 14.0 Å². The molecular formula is C32H37BrF4N4O6. The summed E-state index contributed by atoms with van der Waals surface area (Å²) < 4.78 is 53.6. The molecule has 2 aromatic rings. The van der Waals surface area contributed by atoms with Gasteiger partial charge in [-0.3, -0.25) is 14.5 Å². The molecule has 10 nitrogen and oxygen atoms in total. The van der Waals surface area contributed by atoms with E-state index in [0.29, 0.717) is 24.6 Å². The number of aliphatic carboxylic acids is 2. The lowest BCUT2D eigenvalue weighted by atomic mass is 9.92. The summed E-state index contributed by atoms with van der Waals surface area (Å²) in [5.41, 5.74) is 5.36. The lowest BCUT2D eigenvalue weighted by Crippen LogP contribution is -2.61. The summed E-state index contributed by atoms with van der Waals surface area (Å²) in [6.07, 6.45) is -1.17. The molecule has 0 aliphatic carbocycles. The van der Waals surface area contributed by atoms with Crippen LogP contribution in [0, 0.1) is 11.7 Å². The maximum Gasteiger partial charge on any atom is 0.416 e. The minimum absolute atomic E-state index is 0.0364. The van der Waals surface area contributed by atoms with E-state index in [1.54, 1.807) is 19.2 Å². The van der Waals surface area contributed by atoms with Crippen molar-refractivity contribution in [2.75, 3.05) is 46.3 Å². The van der Waals surface area contributed by atoms with Gasteiger partial charge >= 0.3 is 18.1 Å². The fourth-order valence-electron chi connectivity index (χ4n) is 5.60. The van der Waals surface area contributed by atoms with Crippen molar-refractivity contribution in [3.05, 3.63) is 81.6 Å². The molecule has 256 valence electrons. The Morgan fingerprint density at radius 3 is 2.11 bits per heavy atom. The number of carbonyl (C=O) groups excluding carboxylic acids is 2. The van der Waals surface area contributed by atoms with Gasteiger partial charge in [-0.05, 0) is 74.8 Å². The number of rotatable bonds is 11. The summed E-state index contributed by atoms with van der Waals surface area (Å²) in [6, 6.07) is 9.77. The molecule has 2 aliphatic rings. The normalized spacial score (nSPS) is 17.0. The van der Waals surface area contributed by atoms with E-state index >= 15 is 0 Å². The van der Waals surface area contributed by atoms with Gasteiger partial charge in [0.05, 0.1) is 5.56 Å². The number of carboxylic acid groups (broad SMARTS) is 2. The molecule has 2 aliphatic heterocycles. The van der Waals surface area contributed by atoms with Crippen LogP contribution in [-0.2, 0) is 20.6 Å². The first-order chi connectivity index (χ1) is 22.0. The van der Waals surface area contributed by atoms with Crippen LogP contribution in [0.5, 0.6) is 0 Å². The molecule has 1 atom stereocenters. The van der Waals surface area contributed by atoms with Crippen LogP contribution in [0.1, 0.15) is 46.7 Å². The average Bonchev–Trinajstić information content (AvgIpc) is 2.98. The van der Waals surface area contributed by atoms with Crippen LogP contribution in [-0.4, -0.2) is 101 Å². The molecule has 47 heavy (non-hydrogen) atoms. The molecule has 2 amide bonds. The Kier molecular flexibility index (Phi) is 13.5. The Labute approximate surface area is 277 Å². The van der Waals surface area contributed by atoms with Crippen molar-refractivity contribution in [3.8, 4) is 0 Å². The number of benzene rings is 2. The predicted octanol–water partition coefficient (Wildman–Crippen LogP) is 4.45. The minimum atomic E-state index is -4.57. The van der Waals surface area contributed by atoms with Crippen molar-refractivity contribution in [2.24, 2.45) is 11.7 Å². The molecule has 2 heterocycles. The topological polar surface area (TPSA) is 144 Å². The maximum absolute atomic E-state index is 13.6. The predicted molar refractivity (Wildman–Crippen MR) is 168 cm³/mol. The van der Waals surface area contributed by atoms with Gasteiger partial charge in [-0.2, -0.15) is 13.2 Å². The second-order valence-corrected chi connectivity index (χ2v) is 12.5. The second-order valence-electron chi connectivity index (χ2n) is 11.6. The van der Waals surface area contributed by atoms with Crippen LogP contribution < -0.4 is 5.73 Å². The van der Waals surface area contributed by atoms with E-state index in [0.717, 1.165) is 63.3 Å². The molecule has 0 aromatic heterocycles. The van der Waals surface area contributed by atoms with Gasteiger partial charge in [-0.15, -0.1) is 0 Å². The number of likely N-dealkylation sites (tertiary alicyclic amines) is 2. The molecule has 15 heteroatoms. The lowest BCUT2D eigenvalue weighted by molar-refractivity contribution is -0.137. The summed E-state index contributed by atoms with van der Waals surface area (Å²) in [5, 5.41) is 15.6. The van der Waals surface area contributed by atoms with Gasteiger partial charge in [0.15, 0.2) is 0 Å². The largest absolute Gasteiger partial charge is 0.478 e. The van der Waals surface area contributed by atoms with E-state index in [1.165, 1.54) is 23.1 Å². The third-order valence-corrected chi connectivity index (χ3v) is 8.66. The highest BCUT2D eigenvalue weighted by Gasteiger charge is 2.35. The number of hydrogen-bond acceptors (Lipinski definition) is 6. The molecule has 0 unspecified atom stereocenters.